The van der Waals surface area contributed by atoms with Gasteiger partial charge in [-0.15, -0.1) is 0 Å². The number of nitrogens with one attached hydrogen (secondary N) is 2. The molecule has 0 aliphatic carbocycles. The highest BCUT2D eigenvalue weighted by molar-refractivity contribution is 6.07. The molecular weight excluding hydrogens is 376 g/mol. The molecule has 148 valence electrons. The minimum Gasteiger partial charge on any atom is -0.322 e. The van der Waals surface area contributed by atoms with E-state index >= 15 is 0 Å². The van der Waals surface area contributed by atoms with E-state index in [1.54, 1.807) is 12.1 Å². The molecule has 0 saturated heterocycles. The van der Waals surface area contributed by atoms with Crippen LogP contribution in [0.25, 0.3) is 0 Å². The first-order chi connectivity index (χ1) is 13.8. The van der Waals surface area contributed by atoms with E-state index in [-0.39, 0.29) is 16.9 Å². The van der Waals surface area contributed by atoms with Gasteiger partial charge in [-0.2, -0.15) is 0 Å². The van der Waals surface area contributed by atoms with Crippen molar-refractivity contribution in [1.29, 1.82) is 0 Å². The van der Waals surface area contributed by atoms with Crippen LogP contribution in [0.3, 0.4) is 0 Å². The van der Waals surface area contributed by atoms with E-state index in [2.05, 4.69) is 29.5 Å². The molecule has 2 N–H and O–H groups in total. The van der Waals surface area contributed by atoms with Crippen molar-refractivity contribution in [1.82, 2.24) is 4.98 Å². The lowest BCUT2D eigenvalue weighted by molar-refractivity contribution is 0.102. The van der Waals surface area contributed by atoms with Gasteiger partial charge in [0.05, 0.1) is 5.69 Å². The molecule has 0 radical (unpaired) electrons. The van der Waals surface area contributed by atoms with Crippen LogP contribution in [-0.2, 0) is 0 Å². The molecule has 0 aliphatic rings. The number of aromatic nitrogens is 1. The summed E-state index contributed by atoms with van der Waals surface area (Å²) >= 11 is 0. The molecule has 5 nitrogen and oxygen atoms in total. The maximum atomic E-state index is 13.7. The largest absolute Gasteiger partial charge is 0.322 e. The fourth-order valence-electron chi connectivity index (χ4n) is 2.63. The van der Waals surface area contributed by atoms with Crippen LogP contribution in [0.2, 0.25) is 0 Å². The summed E-state index contributed by atoms with van der Waals surface area (Å²) < 4.78 is 26.7. The van der Waals surface area contributed by atoms with Crippen molar-refractivity contribution in [3.05, 3.63) is 89.2 Å². The zero-order chi connectivity index (χ0) is 21.0. The first-order valence-electron chi connectivity index (χ1n) is 8.97. The van der Waals surface area contributed by atoms with Crippen LogP contribution < -0.4 is 10.6 Å². The van der Waals surface area contributed by atoms with Crippen molar-refractivity contribution >= 4 is 23.2 Å². The molecule has 2 aromatic carbocycles. The molecule has 1 aromatic heterocycles. The van der Waals surface area contributed by atoms with Crippen LogP contribution in [0.1, 0.15) is 46.2 Å². The Labute approximate surface area is 166 Å². The molecule has 0 atom stereocenters. The fraction of sp³-hybridized carbons (Fsp3) is 0.136. The summed E-state index contributed by atoms with van der Waals surface area (Å²) in [5.74, 6) is -2.40. The van der Waals surface area contributed by atoms with Crippen molar-refractivity contribution in [3.63, 3.8) is 0 Å². The Balaban J connectivity index is 1.72. The number of halogens is 2. The topological polar surface area (TPSA) is 71.1 Å². The SMILES string of the molecule is CC(C)c1ccc(NC(=O)c2ccnc(C(=O)Nc3ccc(F)cc3F)c2)cc1. The van der Waals surface area contributed by atoms with E-state index < -0.39 is 23.4 Å². The predicted octanol–water partition coefficient (Wildman–Crippen LogP) is 4.99. The predicted molar refractivity (Wildman–Crippen MR) is 107 cm³/mol. The molecule has 0 fully saturated rings. The summed E-state index contributed by atoms with van der Waals surface area (Å²) in [5.41, 5.74) is 1.74. The number of rotatable bonds is 5. The third-order valence-corrected chi connectivity index (χ3v) is 4.27. The number of benzene rings is 2. The van der Waals surface area contributed by atoms with Crippen LogP contribution in [0.4, 0.5) is 20.2 Å². The molecule has 3 aromatic rings. The van der Waals surface area contributed by atoms with Gasteiger partial charge in [-0.25, -0.2) is 8.78 Å². The van der Waals surface area contributed by atoms with Gasteiger partial charge >= 0.3 is 0 Å². The van der Waals surface area contributed by atoms with Gasteiger partial charge in [0.25, 0.3) is 11.8 Å². The van der Waals surface area contributed by atoms with Crippen LogP contribution in [0.15, 0.2) is 60.8 Å². The molecule has 0 bridgehead atoms. The van der Waals surface area contributed by atoms with Gasteiger partial charge in [0.1, 0.15) is 17.3 Å². The van der Waals surface area contributed by atoms with Gasteiger partial charge in [0, 0.05) is 23.5 Å². The standard InChI is InChI=1S/C22H19F2N3O2/c1-13(2)14-3-6-17(7-4-14)26-21(28)15-9-10-25-20(11-15)22(29)27-19-8-5-16(23)12-18(19)24/h3-13H,1-2H3,(H,26,28)(H,27,29). The molecule has 1 heterocycles. The number of hydrogen-bond donors (Lipinski definition) is 2. The fourth-order valence-corrected chi connectivity index (χ4v) is 2.63. The number of carbonyl (C=O) groups excluding carboxylic acids is 2. The molecule has 0 aliphatic heterocycles. The molecule has 3 rings (SSSR count). The molecule has 2 amide bonds. The van der Waals surface area contributed by atoms with Gasteiger partial charge in [0.15, 0.2) is 0 Å². The van der Waals surface area contributed by atoms with Crippen molar-refractivity contribution in [2.45, 2.75) is 19.8 Å². The summed E-state index contributed by atoms with van der Waals surface area (Å²) in [6.45, 7) is 4.16. The molecule has 0 spiro atoms. The highest BCUT2D eigenvalue weighted by Gasteiger charge is 2.14. The Morgan fingerprint density at radius 3 is 2.28 bits per heavy atom. The number of nitrogens with zero attached hydrogens (tertiary/aromatic N) is 1. The normalized spacial score (nSPS) is 10.7. The van der Waals surface area contributed by atoms with E-state index in [0.29, 0.717) is 17.7 Å². The summed E-state index contributed by atoms with van der Waals surface area (Å²) in [4.78, 5) is 28.7. The lowest BCUT2D eigenvalue weighted by Crippen LogP contribution is -2.17. The van der Waals surface area contributed by atoms with E-state index in [1.807, 2.05) is 12.1 Å². The third-order valence-electron chi connectivity index (χ3n) is 4.27. The summed E-state index contributed by atoms with van der Waals surface area (Å²) in [6.07, 6.45) is 1.31. The van der Waals surface area contributed by atoms with Crippen LogP contribution >= 0.6 is 0 Å². The van der Waals surface area contributed by atoms with Gasteiger partial charge in [-0.05, 0) is 47.9 Å². The first kappa shape index (κ1) is 20.1. The number of pyridine rings is 1. The smallest absolute Gasteiger partial charge is 0.274 e. The lowest BCUT2D eigenvalue weighted by atomic mass is 10.0. The van der Waals surface area contributed by atoms with E-state index in [9.17, 15) is 18.4 Å². The van der Waals surface area contributed by atoms with Crippen LogP contribution in [-0.4, -0.2) is 16.8 Å². The Bertz CT molecular complexity index is 1050. The van der Waals surface area contributed by atoms with E-state index in [4.69, 9.17) is 0 Å². The Hall–Kier alpha value is -3.61. The van der Waals surface area contributed by atoms with Crippen LogP contribution in [0, 0.1) is 11.6 Å². The highest BCUT2D eigenvalue weighted by atomic mass is 19.1. The average Bonchev–Trinajstić information content (AvgIpc) is 2.70. The van der Waals surface area contributed by atoms with Crippen LogP contribution in [0.5, 0.6) is 0 Å². The maximum Gasteiger partial charge on any atom is 0.274 e. The molecule has 0 saturated carbocycles. The first-order valence-corrected chi connectivity index (χ1v) is 8.97. The van der Waals surface area contributed by atoms with Gasteiger partial charge < -0.3 is 10.6 Å². The van der Waals surface area contributed by atoms with Crippen molar-refractivity contribution in [3.8, 4) is 0 Å². The number of anilines is 2. The number of amides is 2. The van der Waals surface area contributed by atoms with Crippen molar-refractivity contribution in [2.75, 3.05) is 10.6 Å². The number of carbonyl (C=O) groups is 2. The minimum atomic E-state index is -0.905. The number of hydrogen-bond acceptors (Lipinski definition) is 3. The molecule has 0 unspecified atom stereocenters. The average molecular weight is 395 g/mol. The van der Waals surface area contributed by atoms with E-state index in [0.717, 1.165) is 17.7 Å². The monoisotopic (exact) mass is 395 g/mol. The minimum absolute atomic E-state index is 0.0727. The quantitative estimate of drug-likeness (QED) is 0.640. The van der Waals surface area contributed by atoms with E-state index in [1.165, 1.54) is 18.3 Å². The second-order valence-electron chi connectivity index (χ2n) is 6.74. The molecule has 29 heavy (non-hydrogen) atoms. The zero-order valence-electron chi connectivity index (χ0n) is 15.9. The summed E-state index contributed by atoms with van der Waals surface area (Å²) in [6, 6.07) is 13.0. The van der Waals surface area contributed by atoms with Gasteiger partial charge in [-0.3, -0.25) is 14.6 Å². The Kier molecular flexibility index (Phi) is 5.97. The van der Waals surface area contributed by atoms with Gasteiger partial charge in [0.2, 0.25) is 0 Å². The summed E-state index contributed by atoms with van der Waals surface area (Å²) in [7, 11) is 0. The second-order valence-corrected chi connectivity index (χ2v) is 6.74. The maximum absolute atomic E-state index is 13.7. The second kappa shape index (κ2) is 8.60. The molecule has 7 heteroatoms. The Morgan fingerprint density at radius 1 is 0.897 bits per heavy atom. The lowest BCUT2D eigenvalue weighted by Gasteiger charge is -2.09. The Morgan fingerprint density at radius 2 is 1.62 bits per heavy atom. The van der Waals surface area contributed by atoms with Gasteiger partial charge in [-0.1, -0.05) is 26.0 Å². The zero-order valence-corrected chi connectivity index (χ0v) is 15.9. The third kappa shape index (κ3) is 5.01. The molecular formula is C22H19F2N3O2. The van der Waals surface area contributed by atoms with Crippen molar-refractivity contribution in [2.24, 2.45) is 0 Å². The highest BCUT2D eigenvalue weighted by Crippen LogP contribution is 2.18. The van der Waals surface area contributed by atoms with Crippen molar-refractivity contribution < 1.29 is 18.4 Å². The summed E-state index contributed by atoms with van der Waals surface area (Å²) in [5, 5.41) is 5.07.